The lowest BCUT2D eigenvalue weighted by atomic mass is 10.1. The Morgan fingerprint density at radius 1 is 1.38 bits per heavy atom. The molecule has 0 atom stereocenters. The van der Waals surface area contributed by atoms with Crippen LogP contribution in [0.25, 0.3) is 0 Å². The summed E-state index contributed by atoms with van der Waals surface area (Å²) in [6.07, 6.45) is 0. The van der Waals surface area contributed by atoms with E-state index in [1.165, 1.54) is 11.0 Å². The number of sulfonamides is 1. The van der Waals surface area contributed by atoms with Crippen LogP contribution in [0.5, 0.6) is 0 Å². The number of nitrogens with zero attached hydrogens (tertiary/aromatic N) is 1. The monoisotopic (exact) mass is 309 g/mol. The fraction of sp³-hybridized carbons (Fsp3) is 0.357. The molecule has 0 unspecified atom stereocenters. The van der Waals surface area contributed by atoms with Crippen molar-refractivity contribution in [2.75, 3.05) is 27.2 Å². The van der Waals surface area contributed by atoms with Crippen molar-refractivity contribution < 1.29 is 13.2 Å². The van der Waals surface area contributed by atoms with Crippen LogP contribution in [0.2, 0.25) is 0 Å². The van der Waals surface area contributed by atoms with Crippen LogP contribution in [0.1, 0.15) is 11.1 Å². The summed E-state index contributed by atoms with van der Waals surface area (Å²) < 4.78 is 26.8. The Balaban J connectivity index is 3.11. The van der Waals surface area contributed by atoms with Gasteiger partial charge >= 0.3 is 0 Å². The number of nitrogens with one attached hydrogen (secondary N) is 1. The van der Waals surface area contributed by atoms with E-state index in [-0.39, 0.29) is 23.9 Å². The standard InChI is InChI=1S/C14H19N3O3S/c1-11-6-7-13(12(9-11)5-4-8-15)21(19,20)16-10-14(18)17(2)3/h6-7,9,16H,8,10,15H2,1-3H3. The van der Waals surface area contributed by atoms with E-state index in [2.05, 4.69) is 16.6 Å². The molecule has 1 amide bonds. The van der Waals surface area contributed by atoms with E-state index < -0.39 is 10.0 Å². The van der Waals surface area contributed by atoms with E-state index in [0.29, 0.717) is 5.56 Å². The maximum Gasteiger partial charge on any atom is 0.242 e. The Labute approximate surface area is 125 Å². The predicted octanol–water partition coefficient (Wildman–Crippen LogP) is -0.328. The number of hydrogen-bond acceptors (Lipinski definition) is 4. The van der Waals surface area contributed by atoms with Crippen molar-refractivity contribution in [1.29, 1.82) is 0 Å². The van der Waals surface area contributed by atoms with Crippen molar-refractivity contribution in [3.8, 4) is 11.8 Å². The number of benzene rings is 1. The van der Waals surface area contributed by atoms with Crippen LogP contribution in [0.3, 0.4) is 0 Å². The summed E-state index contributed by atoms with van der Waals surface area (Å²) in [5.41, 5.74) is 6.57. The first kappa shape index (κ1) is 17.2. The van der Waals surface area contributed by atoms with Gasteiger partial charge in [-0.25, -0.2) is 13.1 Å². The molecule has 0 bridgehead atoms. The molecule has 0 saturated carbocycles. The Bertz CT molecular complexity index is 685. The second-order valence-electron chi connectivity index (χ2n) is 4.62. The van der Waals surface area contributed by atoms with Crippen molar-refractivity contribution in [3.05, 3.63) is 29.3 Å². The summed E-state index contributed by atoms with van der Waals surface area (Å²) in [4.78, 5) is 12.8. The number of likely N-dealkylation sites (N-methyl/N-ethyl adjacent to an activating group) is 1. The van der Waals surface area contributed by atoms with Crippen LogP contribution in [0.4, 0.5) is 0 Å². The number of hydrogen-bond donors (Lipinski definition) is 2. The molecule has 3 N–H and O–H groups in total. The molecule has 0 aliphatic heterocycles. The van der Waals surface area contributed by atoms with E-state index >= 15 is 0 Å². The lowest BCUT2D eigenvalue weighted by Gasteiger charge is -2.12. The molecular weight excluding hydrogens is 290 g/mol. The summed E-state index contributed by atoms with van der Waals surface area (Å²) >= 11 is 0. The molecule has 0 aliphatic rings. The van der Waals surface area contributed by atoms with Gasteiger partial charge in [0.15, 0.2) is 0 Å². The minimum Gasteiger partial charge on any atom is -0.348 e. The zero-order valence-corrected chi connectivity index (χ0v) is 13.1. The Morgan fingerprint density at radius 3 is 2.62 bits per heavy atom. The molecule has 1 aromatic carbocycles. The third-order valence-corrected chi connectivity index (χ3v) is 4.12. The second kappa shape index (κ2) is 7.22. The maximum atomic E-state index is 12.3. The smallest absolute Gasteiger partial charge is 0.242 e. The quantitative estimate of drug-likeness (QED) is 0.745. The normalized spacial score (nSPS) is 10.7. The topological polar surface area (TPSA) is 92.5 Å². The summed E-state index contributed by atoms with van der Waals surface area (Å²) in [6.45, 7) is 1.68. The number of amides is 1. The molecule has 0 heterocycles. The molecule has 0 spiro atoms. The summed E-state index contributed by atoms with van der Waals surface area (Å²) in [5.74, 6) is 5.05. The van der Waals surface area contributed by atoms with Crippen LogP contribution in [-0.2, 0) is 14.8 Å². The van der Waals surface area contributed by atoms with Gasteiger partial charge in [0.2, 0.25) is 15.9 Å². The molecule has 0 fully saturated rings. The molecule has 0 aliphatic carbocycles. The summed E-state index contributed by atoms with van der Waals surface area (Å²) in [5, 5.41) is 0. The first-order valence-electron chi connectivity index (χ1n) is 6.27. The average molecular weight is 309 g/mol. The summed E-state index contributed by atoms with van der Waals surface area (Å²) in [7, 11) is -0.695. The van der Waals surface area contributed by atoms with Gasteiger partial charge in [-0.2, -0.15) is 0 Å². The van der Waals surface area contributed by atoms with Crippen molar-refractivity contribution in [1.82, 2.24) is 9.62 Å². The van der Waals surface area contributed by atoms with Gasteiger partial charge in [-0.05, 0) is 24.6 Å². The molecule has 1 aromatic rings. The molecule has 21 heavy (non-hydrogen) atoms. The second-order valence-corrected chi connectivity index (χ2v) is 6.35. The first-order chi connectivity index (χ1) is 9.77. The Kier molecular flexibility index (Phi) is 5.90. The molecule has 1 rings (SSSR count). The highest BCUT2D eigenvalue weighted by Crippen LogP contribution is 2.16. The van der Waals surface area contributed by atoms with Crippen LogP contribution in [0, 0.1) is 18.8 Å². The lowest BCUT2D eigenvalue weighted by molar-refractivity contribution is -0.127. The SMILES string of the molecule is Cc1ccc(S(=O)(=O)NCC(=O)N(C)C)c(C#CCN)c1. The lowest BCUT2D eigenvalue weighted by Crippen LogP contribution is -2.36. The zero-order chi connectivity index (χ0) is 16.0. The van der Waals surface area contributed by atoms with Crippen molar-refractivity contribution in [2.45, 2.75) is 11.8 Å². The predicted molar refractivity (Wildman–Crippen MR) is 81.0 cm³/mol. The third kappa shape index (κ3) is 4.86. The minimum absolute atomic E-state index is 0.0422. The number of carbonyl (C=O) groups excluding carboxylic acids is 1. The molecule has 0 radical (unpaired) electrons. The molecule has 7 heteroatoms. The van der Waals surface area contributed by atoms with Crippen molar-refractivity contribution in [3.63, 3.8) is 0 Å². The van der Waals surface area contributed by atoms with Gasteiger partial charge in [0, 0.05) is 19.7 Å². The van der Waals surface area contributed by atoms with Gasteiger partial charge in [-0.1, -0.05) is 17.9 Å². The number of carbonyl (C=O) groups is 1. The Morgan fingerprint density at radius 2 is 2.05 bits per heavy atom. The van der Waals surface area contributed by atoms with E-state index in [1.54, 1.807) is 26.2 Å². The van der Waals surface area contributed by atoms with E-state index in [1.807, 2.05) is 6.92 Å². The van der Waals surface area contributed by atoms with Crippen LogP contribution < -0.4 is 10.5 Å². The van der Waals surface area contributed by atoms with Gasteiger partial charge in [0.05, 0.1) is 18.0 Å². The van der Waals surface area contributed by atoms with Gasteiger partial charge in [-0.15, -0.1) is 0 Å². The van der Waals surface area contributed by atoms with Crippen LogP contribution >= 0.6 is 0 Å². The number of rotatable bonds is 4. The fourth-order valence-corrected chi connectivity index (χ4v) is 2.63. The highest BCUT2D eigenvalue weighted by molar-refractivity contribution is 7.89. The van der Waals surface area contributed by atoms with Crippen LogP contribution in [-0.4, -0.2) is 46.4 Å². The van der Waals surface area contributed by atoms with E-state index in [4.69, 9.17) is 5.73 Å². The average Bonchev–Trinajstić information content (AvgIpc) is 2.42. The van der Waals surface area contributed by atoms with Crippen molar-refractivity contribution in [2.24, 2.45) is 5.73 Å². The molecule has 114 valence electrons. The van der Waals surface area contributed by atoms with Gasteiger partial charge in [-0.3, -0.25) is 4.79 Å². The van der Waals surface area contributed by atoms with Crippen LogP contribution in [0.15, 0.2) is 23.1 Å². The van der Waals surface area contributed by atoms with Crippen molar-refractivity contribution >= 4 is 15.9 Å². The Hall–Kier alpha value is -1.88. The van der Waals surface area contributed by atoms with Gasteiger partial charge < -0.3 is 10.6 Å². The number of nitrogens with two attached hydrogens (primary N) is 1. The summed E-state index contributed by atoms with van der Waals surface area (Å²) in [6, 6.07) is 4.82. The van der Waals surface area contributed by atoms with Gasteiger partial charge in [0.25, 0.3) is 0 Å². The van der Waals surface area contributed by atoms with E-state index in [0.717, 1.165) is 5.56 Å². The zero-order valence-electron chi connectivity index (χ0n) is 12.3. The fourth-order valence-electron chi connectivity index (χ4n) is 1.51. The highest BCUT2D eigenvalue weighted by atomic mass is 32.2. The number of aryl methyl sites for hydroxylation is 1. The molecule has 6 nitrogen and oxygen atoms in total. The largest absolute Gasteiger partial charge is 0.348 e. The first-order valence-corrected chi connectivity index (χ1v) is 7.75. The minimum atomic E-state index is -3.81. The molecule has 0 aromatic heterocycles. The maximum absolute atomic E-state index is 12.3. The van der Waals surface area contributed by atoms with E-state index in [9.17, 15) is 13.2 Å². The molecular formula is C14H19N3O3S. The highest BCUT2D eigenvalue weighted by Gasteiger charge is 2.19. The van der Waals surface area contributed by atoms with Gasteiger partial charge in [0.1, 0.15) is 0 Å². The third-order valence-electron chi connectivity index (χ3n) is 2.66. The molecule has 0 saturated heterocycles.